The van der Waals surface area contributed by atoms with Gasteiger partial charge in [-0.05, 0) is 33.1 Å². The minimum absolute atomic E-state index is 0.302. The topological polar surface area (TPSA) is 87.1 Å². The van der Waals surface area contributed by atoms with Crippen LogP contribution < -0.4 is 0 Å². The highest BCUT2D eigenvalue weighted by molar-refractivity contribution is 6.49. The summed E-state index contributed by atoms with van der Waals surface area (Å²) in [6.07, 6.45) is 4.42. The van der Waals surface area contributed by atoms with Gasteiger partial charge in [-0.2, -0.15) is 0 Å². The molecule has 2 aromatic heterocycles. The Morgan fingerprint density at radius 1 is 1.11 bits per heavy atom. The van der Waals surface area contributed by atoms with Crippen LogP contribution in [0.1, 0.15) is 17.7 Å². The molecule has 0 saturated heterocycles. The van der Waals surface area contributed by atoms with Gasteiger partial charge in [0.25, 0.3) is 11.8 Å². The van der Waals surface area contributed by atoms with E-state index in [2.05, 4.69) is 20.2 Å². The maximum absolute atomic E-state index is 12.9. The molecule has 0 saturated carbocycles. The van der Waals surface area contributed by atoms with Gasteiger partial charge < -0.3 is 9.88 Å². The predicted octanol–water partition coefficient (Wildman–Crippen LogP) is 1.62. The number of para-hydroxylation sites is 1. The van der Waals surface area contributed by atoms with Crippen LogP contribution in [-0.2, 0) is 16.1 Å². The molecule has 8 heteroatoms. The van der Waals surface area contributed by atoms with Crippen molar-refractivity contribution in [2.24, 2.45) is 0 Å². The molecule has 0 spiro atoms. The van der Waals surface area contributed by atoms with E-state index >= 15 is 0 Å². The number of rotatable bonds is 6. The largest absolute Gasteiger partial charge is 0.361 e. The van der Waals surface area contributed by atoms with Gasteiger partial charge in [-0.1, -0.05) is 23.4 Å². The van der Waals surface area contributed by atoms with Crippen molar-refractivity contribution >= 4 is 33.9 Å². The van der Waals surface area contributed by atoms with Gasteiger partial charge in [0.15, 0.2) is 0 Å². The zero-order valence-corrected chi connectivity index (χ0v) is 16.1. The second kappa shape index (κ2) is 7.05. The van der Waals surface area contributed by atoms with Crippen LogP contribution in [0.2, 0.25) is 0 Å². The molecule has 1 N–H and O–H groups in total. The lowest BCUT2D eigenvalue weighted by Gasteiger charge is -2.08. The number of likely N-dealkylation sites (N-methyl/N-ethyl adjacent to an activating group) is 1. The molecular weight excluding hydrogens is 356 g/mol. The van der Waals surface area contributed by atoms with Crippen molar-refractivity contribution in [3.63, 3.8) is 0 Å². The summed E-state index contributed by atoms with van der Waals surface area (Å²) in [5.74, 6) is -0.683. The normalized spacial score (nSPS) is 14.9. The summed E-state index contributed by atoms with van der Waals surface area (Å²) in [5, 5.41) is 9.22. The van der Waals surface area contributed by atoms with Gasteiger partial charge in [-0.15, -0.1) is 5.10 Å². The molecule has 0 radical (unpaired) electrons. The number of H-pyrrole nitrogens is 1. The predicted molar refractivity (Wildman–Crippen MR) is 106 cm³/mol. The average Bonchev–Trinajstić information content (AvgIpc) is 3.35. The van der Waals surface area contributed by atoms with E-state index in [1.54, 1.807) is 17.1 Å². The molecule has 8 nitrogen and oxygen atoms in total. The van der Waals surface area contributed by atoms with E-state index in [4.69, 9.17) is 0 Å². The molecule has 3 heterocycles. The smallest absolute Gasteiger partial charge is 0.263 e. The van der Waals surface area contributed by atoms with Gasteiger partial charge in [0.1, 0.15) is 5.69 Å². The van der Waals surface area contributed by atoms with Crippen molar-refractivity contribution in [1.29, 1.82) is 0 Å². The molecule has 0 fully saturated rings. The SMILES string of the molecule is CN(C)CCCn1cc(C2=C(c3c[nH]c4ccccc34)C(=O)N(C)C2=O)nn1. The maximum atomic E-state index is 12.9. The number of aromatic amines is 1. The molecular formula is C20H22N6O2. The van der Waals surface area contributed by atoms with Crippen LogP contribution in [0.4, 0.5) is 0 Å². The first-order chi connectivity index (χ1) is 13.5. The van der Waals surface area contributed by atoms with Crippen LogP contribution in [0.15, 0.2) is 36.7 Å². The lowest BCUT2D eigenvalue weighted by atomic mass is 9.99. The van der Waals surface area contributed by atoms with Gasteiger partial charge in [0.2, 0.25) is 0 Å². The summed E-state index contributed by atoms with van der Waals surface area (Å²) < 4.78 is 1.72. The number of benzene rings is 1. The van der Waals surface area contributed by atoms with Gasteiger partial charge in [-0.25, -0.2) is 0 Å². The van der Waals surface area contributed by atoms with Crippen molar-refractivity contribution in [3.8, 4) is 0 Å². The number of aromatic nitrogens is 4. The van der Waals surface area contributed by atoms with Crippen molar-refractivity contribution in [2.45, 2.75) is 13.0 Å². The molecule has 1 aliphatic heterocycles. The van der Waals surface area contributed by atoms with E-state index in [0.29, 0.717) is 28.9 Å². The molecule has 0 unspecified atom stereocenters. The van der Waals surface area contributed by atoms with Crippen molar-refractivity contribution in [2.75, 3.05) is 27.7 Å². The third kappa shape index (κ3) is 3.01. The fraction of sp³-hybridized carbons (Fsp3) is 0.300. The Morgan fingerprint density at radius 3 is 2.64 bits per heavy atom. The third-order valence-electron chi connectivity index (χ3n) is 4.93. The van der Waals surface area contributed by atoms with Crippen LogP contribution in [0, 0.1) is 0 Å². The van der Waals surface area contributed by atoms with Gasteiger partial charge in [0, 0.05) is 36.3 Å². The summed E-state index contributed by atoms with van der Waals surface area (Å²) in [4.78, 5) is 32.1. The van der Waals surface area contributed by atoms with Crippen LogP contribution in [0.25, 0.3) is 22.0 Å². The molecule has 1 aromatic carbocycles. The van der Waals surface area contributed by atoms with E-state index in [1.807, 2.05) is 38.4 Å². The quantitative estimate of drug-likeness (QED) is 0.659. The zero-order chi connectivity index (χ0) is 19.8. The first-order valence-corrected chi connectivity index (χ1v) is 9.15. The number of carbonyl (C=O) groups excluding carboxylic acids is 2. The van der Waals surface area contributed by atoms with Crippen LogP contribution >= 0.6 is 0 Å². The van der Waals surface area contributed by atoms with Crippen LogP contribution in [-0.4, -0.2) is 69.3 Å². The molecule has 3 aromatic rings. The molecule has 2 amide bonds. The van der Waals surface area contributed by atoms with E-state index in [9.17, 15) is 9.59 Å². The second-order valence-corrected chi connectivity index (χ2v) is 7.19. The summed E-state index contributed by atoms with van der Waals surface area (Å²) in [7, 11) is 5.53. The Bertz CT molecular complexity index is 1090. The first-order valence-electron chi connectivity index (χ1n) is 9.15. The molecule has 1 aliphatic rings. The lowest BCUT2D eigenvalue weighted by Crippen LogP contribution is -2.26. The molecule has 0 aliphatic carbocycles. The average molecular weight is 378 g/mol. The zero-order valence-electron chi connectivity index (χ0n) is 16.1. The van der Waals surface area contributed by atoms with E-state index in [0.717, 1.165) is 28.8 Å². The Morgan fingerprint density at radius 2 is 1.86 bits per heavy atom. The summed E-state index contributed by atoms with van der Waals surface area (Å²) >= 11 is 0. The number of hydrogen-bond donors (Lipinski definition) is 1. The minimum atomic E-state index is -0.356. The molecule has 0 bridgehead atoms. The number of imide groups is 1. The van der Waals surface area contributed by atoms with E-state index < -0.39 is 0 Å². The maximum Gasteiger partial charge on any atom is 0.263 e. The van der Waals surface area contributed by atoms with Gasteiger partial charge in [0.05, 0.1) is 17.3 Å². The highest BCUT2D eigenvalue weighted by atomic mass is 16.2. The Labute approximate surface area is 162 Å². The third-order valence-corrected chi connectivity index (χ3v) is 4.93. The lowest BCUT2D eigenvalue weighted by molar-refractivity contribution is -0.134. The molecule has 144 valence electrons. The highest BCUT2D eigenvalue weighted by Gasteiger charge is 2.39. The fourth-order valence-corrected chi connectivity index (χ4v) is 3.48. The summed E-state index contributed by atoms with van der Waals surface area (Å²) in [6.45, 7) is 1.62. The Hall–Kier alpha value is -3.26. The number of aryl methyl sites for hydroxylation is 1. The summed E-state index contributed by atoms with van der Waals surface area (Å²) in [6, 6.07) is 7.70. The van der Waals surface area contributed by atoms with Crippen LogP contribution in [0.3, 0.4) is 0 Å². The van der Waals surface area contributed by atoms with Crippen molar-refractivity contribution in [3.05, 3.63) is 47.9 Å². The molecule has 4 rings (SSSR count). The Balaban J connectivity index is 1.77. The van der Waals surface area contributed by atoms with Crippen molar-refractivity contribution in [1.82, 2.24) is 29.8 Å². The van der Waals surface area contributed by atoms with E-state index in [-0.39, 0.29) is 11.8 Å². The number of nitrogens with one attached hydrogen (secondary N) is 1. The number of fused-ring (bicyclic) bond motifs is 1. The number of nitrogens with zero attached hydrogens (tertiary/aromatic N) is 5. The standard InChI is InChI=1S/C20H22N6O2/c1-24(2)9-6-10-26-12-16(22-23-26)18-17(19(27)25(3)20(18)28)14-11-21-15-8-5-4-7-13(14)15/h4-5,7-8,11-12,21H,6,9-10H2,1-3H3. The number of hydrogen-bond acceptors (Lipinski definition) is 5. The van der Waals surface area contributed by atoms with Crippen LogP contribution in [0.5, 0.6) is 0 Å². The Kier molecular flexibility index (Phi) is 4.56. The fourth-order valence-electron chi connectivity index (χ4n) is 3.48. The molecule has 0 atom stereocenters. The molecule has 28 heavy (non-hydrogen) atoms. The minimum Gasteiger partial charge on any atom is -0.361 e. The second-order valence-electron chi connectivity index (χ2n) is 7.19. The number of carbonyl (C=O) groups is 2. The highest BCUT2D eigenvalue weighted by Crippen LogP contribution is 2.37. The monoisotopic (exact) mass is 378 g/mol. The number of amides is 2. The van der Waals surface area contributed by atoms with E-state index in [1.165, 1.54) is 7.05 Å². The first kappa shape index (κ1) is 18.1. The summed E-state index contributed by atoms with van der Waals surface area (Å²) in [5.41, 5.74) is 2.70. The van der Waals surface area contributed by atoms with Gasteiger partial charge in [-0.3, -0.25) is 19.2 Å². The van der Waals surface area contributed by atoms with Gasteiger partial charge >= 0.3 is 0 Å². The van der Waals surface area contributed by atoms with Crippen molar-refractivity contribution < 1.29 is 9.59 Å².